The molecule has 0 aromatic heterocycles. The van der Waals surface area contributed by atoms with Crippen LogP contribution in [0.5, 0.6) is 0 Å². The number of carbonyl (C=O) groups excluding carboxylic acids is 1. The van der Waals surface area contributed by atoms with Gasteiger partial charge < -0.3 is 4.74 Å². The largest absolute Gasteiger partial charge is 0.465 e. The maximum Gasteiger partial charge on any atom is 0.318 e. The molecular weight excluding hydrogens is 291 g/mol. The summed E-state index contributed by atoms with van der Waals surface area (Å²) in [6.07, 6.45) is 7.69. The van der Waals surface area contributed by atoms with E-state index in [-0.39, 0.29) is 9.89 Å². The highest BCUT2D eigenvalue weighted by Crippen LogP contribution is 2.29. The summed E-state index contributed by atoms with van der Waals surface area (Å²) in [5.41, 5.74) is 0. The fraction of sp³-hybridized carbons (Fsp3) is 0.909. The predicted octanol–water partition coefficient (Wildman–Crippen LogP) is 3.32. The van der Waals surface area contributed by atoms with Crippen LogP contribution in [0, 0.1) is 5.92 Å². The molecule has 3 heteroatoms. The van der Waals surface area contributed by atoms with Gasteiger partial charge in [0.05, 0.1) is 6.61 Å². The van der Waals surface area contributed by atoms with Gasteiger partial charge in [-0.3, -0.25) is 4.79 Å². The fourth-order valence-corrected chi connectivity index (χ4v) is 2.94. The van der Waals surface area contributed by atoms with E-state index in [9.17, 15) is 4.79 Å². The van der Waals surface area contributed by atoms with Gasteiger partial charge >= 0.3 is 5.97 Å². The van der Waals surface area contributed by atoms with Crippen molar-refractivity contribution >= 4 is 28.6 Å². The van der Waals surface area contributed by atoms with E-state index in [4.69, 9.17) is 4.74 Å². The molecule has 1 atom stereocenters. The van der Waals surface area contributed by atoms with E-state index in [1.165, 1.54) is 32.1 Å². The number of halogens is 1. The SMILES string of the molecule is CCOC(=O)C(I)CC1CCCCC1. The smallest absolute Gasteiger partial charge is 0.318 e. The van der Waals surface area contributed by atoms with E-state index in [1.807, 2.05) is 6.92 Å². The summed E-state index contributed by atoms with van der Waals surface area (Å²) in [6.45, 7) is 2.37. The number of ether oxygens (including phenoxy) is 1. The number of alkyl halides is 1. The highest BCUT2D eigenvalue weighted by atomic mass is 127. The summed E-state index contributed by atoms with van der Waals surface area (Å²) in [6, 6.07) is 0. The van der Waals surface area contributed by atoms with Crippen LogP contribution in [0.3, 0.4) is 0 Å². The van der Waals surface area contributed by atoms with Crippen LogP contribution < -0.4 is 0 Å². The highest BCUT2D eigenvalue weighted by Gasteiger charge is 2.22. The third-order valence-electron chi connectivity index (χ3n) is 2.81. The van der Waals surface area contributed by atoms with Crippen LogP contribution in [0.15, 0.2) is 0 Å². The van der Waals surface area contributed by atoms with Crippen molar-refractivity contribution in [2.45, 2.75) is 49.4 Å². The summed E-state index contributed by atoms with van der Waals surface area (Å²) in [5, 5.41) is 0. The highest BCUT2D eigenvalue weighted by molar-refractivity contribution is 14.1. The van der Waals surface area contributed by atoms with Crippen molar-refractivity contribution in [3.8, 4) is 0 Å². The number of esters is 1. The van der Waals surface area contributed by atoms with Crippen molar-refractivity contribution in [2.24, 2.45) is 5.92 Å². The second kappa shape index (κ2) is 6.64. The first-order chi connectivity index (χ1) is 6.74. The van der Waals surface area contributed by atoms with Gasteiger partial charge in [0.1, 0.15) is 3.92 Å². The van der Waals surface area contributed by atoms with E-state index in [1.54, 1.807) is 0 Å². The Bertz CT molecular complexity index is 176. The number of carbonyl (C=O) groups is 1. The van der Waals surface area contributed by atoms with E-state index < -0.39 is 0 Å². The van der Waals surface area contributed by atoms with E-state index in [2.05, 4.69) is 22.6 Å². The van der Waals surface area contributed by atoms with Gasteiger partial charge in [-0.2, -0.15) is 0 Å². The fourth-order valence-electron chi connectivity index (χ4n) is 2.04. The Kier molecular flexibility index (Phi) is 5.82. The standard InChI is InChI=1S/C11H19IO2/c1-2-14-11(13)10(12)8-9-6-4-3-5-7-9/h9-10H,2-8H2,1H3. The quantitative estimate of drug-likeness (QED) is 0.452. The van der Waals surface area contributed by atoms with E-state index in [0.717, 1.165) is 12.3 Å². The Morgan fingerprint density at radius 3 is 2.64 bits per heavy atom. The molecule has 0 radical (unpaired) electrons. The molecule has 0 aliphatic heterocycles. The van der Waals surface area contributed by atoms with Crippen molar-refractivity contribution in [3.63, 3.8) is 0 Å². The summed E-state index contributed by atoms with van der Waals surface area (Å²) in [4.78, 5) is 11.4. The average molecular weight is 310 g/mol. The minimum Gasteiger partial charge on any atom is -0.465 e. The van der Waals surface area contributed by atoms with Gasteiger partial charge in [0.15, 0.2) is 0 Å². The van der Waals surface area contributed by atoms with Crippen LogP contribution in [0.2, 0.25) is 0 Å². The third kappa shape index (κ3) is 4.15. The van der Waals surface area contributed by atoms with Crippen molar-refractivity contribution in [1.82, 2.24) is 0 Å². The molecule has 1 fully saturated rings. The first-order valence-corrected chi connectivity index (χ1v) is 6.79. The normalized spacial score (nSPS) is 20.4. The molecule has 0 amide bonds. The lowest BCUT2D eigenvalue weighted by molar-refractivity contribution is -0.142. The van der Waals surface area contributed by atoms with Gasteiger partial charge in [0.2, 0.25) is 0 Å². The first kappa shape index (κ1) is 12.3. The lowest BCUT2D eigenvalue weighted by Gasteiger charge is -2.23. The molecule has 0 saturated heterocycles. The van der Waals surface area contributed by atoms with Gasteiger partial charge in [-0.25, -0.2) is 0 Å². The number of rotatable bonds is 4. The zero-order chi connectivity index (χ0) is 10.4. The maximum atomic E-state index is 11.4. The molecule has 2 nitrogen and oxygen atoms in total. The Morgan fingerprint density at radius 2 is 2.07 bits per heavy atom. The second-order valence-electron chi connectivity index (χ2n) is 3.96. The zero-order valence-electron chi connectivity index (χ0n) is 8.80. The Balaban J connectivity index is 2.24. The molecule has 0 spiro atoms. The van der Waals surface area contributed by atoms with Gasteiger partial charge in [0, 0.05) is 0 Å². The topological polar surface area (TPSA) is 26.3 Å². The lowest BCUT2D eigenvalue weighted by atomic mass is 9.86. The molecule has 0 aromatic carbocycles. The van der Waals surface area contributed by atoms with Gasteiger partial charge in [-0.05, 0) is 19.3 Å². The van der Waals surface area contributed by atoms with Crippen LogP contribution in [-0.2, 0) is 9.53 Å². The van der Waals surface area contributed by atoms with Crippen molar-refractivity contribution in [1.29, 1.82) is 0 Å². The molecule has 0 bridgehead atoms. The van der Waals surface area contributed by atoms with Crippen LogP contribution in [0.25, 0.3) is 0 Å². The lowest BCUT2D eigenvalue weighted by Crippen LogP contribution is -2.21. The maximum absolute atomic E-state index is 11.4. The van der Waals surface area contributed by atoms with Crippen LogP contribution >= 0.6 is 22.6 Å². The molecule has 1 rings (SSSR count). The summed E-state index contributed by atoms with van der Waals surface area (Å²) < 4.78 is 5.06. The van der Waals surface area contributed by atoms with Crippen LogP contribution in [0.4, 0.5) is 0 Å². The molecule has 1 aliphatic carbocycles. The monoisotopic (exact) mass is 310 g/mol. The molecule has 0 aromatic rings. The van der Waals surface area contributed by atoms with Gasteiger partial charge in [-0.1, -0.05) is 54.7 Å². The molecule has 82 valence electrons. The molecule has 1 unspecified atom stereocenters. The third-order valence-corrected chi connectivity index (χ3v) is 3.82. The van der Waals surface area contributed by atoms with Crippen molar-refractivity contribution < 1.29 is 9.53 Å². The van der Waals surface area contributed by atoms with Crippen molar-refractivity contribution in [2.75, 3.05) is 6.61 Å². The van der Waals surface area contributed by atoms with Crippen LogP contribution in [-0.4, -0.2) is 16.5 Å². The molecule has 0 heterocycles. The Hall–Kier alpha value is 0.200. The Morgan fingerprint density at radius 1 is 1.43 bits per heavy atom. The molecule has 1 aliphatic rings. The van der Waals surface area contributed by atoms with Crippen LogP contribution in [0.1, 0.15) is 45.4 Å². The summed E-state index contributed by atoms with van der Waals surface area (Å²) in [7, 11) is 0. The summed E-state index contributed by atoms with van der Waals surface area (Å²) in [5.74, 6) is 0.730. The summed E-state index contributed by atoms with van der Waals surface area (Å²) >= 11 is 2.22. The first-order valence-electron chi connectivity index (χ1n) is 5.54. The van der Waals surface area contributed by atoms with E-state index >= 15 is 0 Å². The molecule has 0 N–H and O–H groups in total. The van der Waals surface area contributed by atoms with Crippen molar-refractivity contribution in [3.05, 3.63) is 0 Å². The Labute approximate surface area is 99.9 Å². The van der Waals surface area contributed by atoms with Gasteiger partial charge in [0.25, 0.3) is 0 Å². The van der Waals surface area contributed by atoms with Gasteiger partial charge in [-0.15, -0.1) is 0 Å². The molecule has 1 saturated carbocycles. The average Bonchev–Trinajstić information content (AvgIpc) is 2.19. The number of hydrogen-bond donors (Lipinski definition) is 0. The van der Waals surface area contributed by atoms with E-state index in [0.29, 0.717) is 6.61 Å². The molecular formula is C11H19IO2. The minimum atomic E-state index is -0.0290. The minimum absolute atomic E-state index is 0.0290. The predicted molar refractivity (Wildman–Crippen MR) is 65.6 cm³/mol. The zero-order valence-corrected chi connectivity index (χ0v) is 11.0. The second-order valence-corrected chi connectivity index (χ2v) is 5.46. The number of hydrogen-bond acceptors (Lipinski definition) is 2. The molecule has 14 heavy (non-hydrogen) atoms.